The van der Waals surface area contributed by atoms with Gasteiger partial charge in [0.15, 0.2) is 0 Å². The monoisotopic (exact) mass is 257 g/mol. The molecule has 3 heteroatoms. The van der Waals surface area contributed by atoms with E-state index in [0.29, 0.717) is 12.5 Å². The van der Waals surface area contributed by atoms with Crippen LogP contribution in [0.25, 0.3) is 0 Å². The Morgan fingerprint density at radius 2 is 2.00 bits per heavy atom. The number of hydrogen-bond donors (Lipinski definition) is 0. The molecule has 3 nitrogen and oxygen atoms in total. The van der Waals surface area contributed by atoms with E-state index in [1.54, 1.807) is 0 Å². The quantitative estimate of drug-likeness (QED) is 0.818. The van der Waals surface area contributed by atoms with Gasteiger partial charge in [-0.3, -0.25) is 4.79 Å². The van der Waals surface area contributed by atoms with E-state index < -0.39 is 0 Å². The summed E-state index contributed by atoms with van der Waals surface area (Å²) in [7, 11) is 0. The standard InChI is InChI=1S/C16H21N2O/c19-16(18-10-3-4-11-18)12-13-6-1-2-7-14(13)15-8-5-9-17-15/h1-2,6-7,15H,3-5,8-12H2. The maximum absolute atomic E-state index is 12.3. The van der Waals surface area contributed by atoms with Crippen molar-refractivity contribution in [2.24, 2.45) is 0 Å². The van der Waals surface area contributed by atoms with Crippen LogP contribution in [0.1, 0.15) is 42.9 Å². The first-order valence-electron chi connectivity index (χ1n) is 7.37. The molecule has 0 bridgehead atoms. The minimum atomic E-state index is 0.281. The highest BCUT2D eigenvalue weighted by Gasteiger charge is 2.23. The number of likely N-dealkylation sites (tertiary alicyclic amines) is 1. The fourth-order valence-corrected chi connectivity index (χ4v) is 3.14. The first kappa shape index (κ1) is 12.7. The summed E-state index contributed by atoms with van der Waals surface area (Å²) < 4.78 is 0. The third kappa shape index (κ3) is 2.81. The van der Waals surface area contributed by atoms with Crippen LogP contribution in [0.2, 0.25) is 0 Å². The zero-order valence-electron chi connectivity index (χ0n) is 11.3. The SMILES string of the molecule is O=C(Cc1ccccc1C1CCC[N]1)N1CCCC1. The Morgan fingerprint density at radius 3 is 2.74 bits per heavy atom. The van der Waals surface area contributed by atoms with Crippen LogP contribution in [0.4, 0.5) is 0 Å². The van der Waals surface area contributed by atoms with Crippen molar-refractivity contribution >= 4 is 5.91 Å². The van der Waals surface area contributed by atoms with Gasteiger partial charge in [0.2, 0.25) is 5.91 Å². The molecule has 2 heterocycles. The minimum Gasteiger partial charge on any atom is -0.342 e. The van der Waals surface area contributed by atoms with Gasteiger partial charge in [0.1, 0.15) is 0 Å². The molecule has 2 aliphatic heterocycles. The van der Waals surface area contributed by atoms with E-state index in [0.717, 1.165) is 38.9 Å². The molecular formula is C16H21N2O. The number of amides is 1. The Balaban J connectivity index is 1.74. The molecular weight excluding hydrogens is 236 g/mol. The third-order valence-electron chi connectivity index (χ3n) is 4.20. The lowest BCUT2D eigenvalue weighted by Crippen LogP contribution is -2.29. The van der Waals surface area contributed by atoms with Gasteiger partial charge in [-0.1, -0.05) is 24.3 Å². The van der Waals surface area contributed by atoms with E-state index in [4.69, 9.17) is 0 Å². The second-order valence-corrected chi connectivity index (χ2v) is 5.53. The molecule has 0 N–H and O–H groups in total. The Bertz CT molecular complexity index is 446. The van der Waals surface area contributed by atoms with Gasteiger partial charge in [0.25, 0.3) is 0 Å². The third-order valence-corrected chi connectivity index (χ3v) is 4.20. The minimum absolute atomic E-state index is 0.281. The van der Waals surface area contributed by atoms with Crippen LogP contribution < -0.4 is 5.32 Å². The summed E-state index contributed by atoms with van der Waals surface area (Å²) in [5, 5.41) is 4.65. The van der Waals surface area contributed by atoms with Crippen molar-refractivity contribution in [3.63, 3.8) is 0 Å². The Hall–Kier alpha value is -1.35. The average Bonchev–Trinajstić information content (AvgIpc) is 3.13. The molecule has 0 aliphatic carbocycles. The summed E-state index contributed by atoms with van der Waals surface area (Å²) in [5.41, 5.74) is 2.45. The lowest BCUT2D eigenvalue weighted by atomic mass is 9.97. The maximum Gasteiger partial charge on any atom is 0.227 e. The Kier molecular flexibility index (Phi) is 3.83. The smallest absolute Gasteiger partial charge is 0.227 e. The van der Waals surface area contributed by atoms with Crippen LogP contribution in [-0.2, 0) is 11.2 Å². The van der Waals surface area contributed by atoms with E-state index in [9.17, 15) is 4.79 Å². The van der Waals surface area contributed by atoms with Crippen molar-refractivity contribution in [1.29, 1.82) is 0 Å². The molecule has 3 rings (SSSR count). The van der Waals surface area contributed by atoms with Crippen LogP contribution >= 0.6 is 0 Å². The first-order valence-corrected chi connectivity index (χ1v) is 7.37. The van der Waals surface area contributed by atoms with E-state index >= 15 is 0 Å². The highest BCUT2D eigenvalue weighted by Crippen LogP contribution is 2.28. The lowest BCUT2D eigenvalue weighted by molar-refractivity contribution is -0.129. The summed E-state index contributed by atoms with van der Waals surface area (Å²) in [6.45, 7) is 2.85. The lowest BCUT2D eigenvalue weighted by Gasteiger charge is -2.18. The van der Waals surface area contributed by atoms with Gasteiger partial charge in [0, 0.05) is 25.7 Å². The molecule has 101 valence electrons. The molecule has 1 unspecified atom stereocenters. The van der Waals surface area contributed by atoms with Gasteiger partial charge in [-0.15, -0.1) is 0 Å². The van der Waals surface area contributed by atoms with Gasteiger partial charge in [-0.2, -0.15) is 0 Å². The molecule has 1 aromatic carbocycles. The molecule has 2 fully saturated rings. The maximum atomic E-state index is 12.3. The van der Waals surface area contributed by atoms with Crippen LogP contribution in [-0.4, -0.2) is 30.4 Å². The number of rotatable bonds is 3. The van der Waals surface area contributed by atoms with Crippen molar-refractivity contribution in [3.05, 3.63) is 35.4 Å². The van der Waals surface area contributed by atoms with E-state index in [-0.39, 0.29) is 5.91 Å². The molecule has 1 atom stereocenters. The number of nitrogens with zero attached hydrogens (tertiary/aromatic N) is 2. The van der Waals surface area contributed by atoms with Gasteiger partial charge < -0.3 is 4.90 Å². The molecule has 0 saturated carbocycles. The van der Waals surface area contributed by atoms with Crippen LogP contribution in [0, 0.1) is 0 Å². The molecule has 2 aliphatic rings. The van der Waals surface area contributed by atoms with Crippen molar-refractivity contribution in [2.75, 3.05) is 19.6 Å². The summed E-state index contributed by atoms with van der Waals surface area (Å²) in [6, 6.07) is 8.66. The van der Waals surface area contributed by atoms with Gasteiger partial charge in [-0.05, 0) is 36.8 Å². The van der Waals surface area contributed by atoms with Crippen LogP contribution in [0.3, 0.4) is 0 Å². The summed E-state index contributed by atoms with van der Waals surface area (Å²) in [5.74, 6) is 0.281. The van der Waals surface area contributed by atoms with Crippen molar-refractivity contribution in [1.82, 2.24) is 10.2 Å². The zero-order valence-corrected chi connectivity index (χ0v) is 11.3. The fourth-order valence-electron chi connectivity index (χ4n) is 3.14. The van der Waals surface area contributed by atoms with E-state index in [2.05, 4.69) is 23.5 Å². The summed E-state index contributed by atoms with van der Waals surface area (Å²) in [4.78, 5) is 14.3. The predicted molar refractivity (Wildman–Crippen MR) is 74.9 cm³/mol. The van der Waals surface area contributed by atoms with E-state index in [1.807, 2.05) is 11.0 Å². The second-order valence-electron chi connectivity index (χ2n) is 5.53. The number of carbonyl (C=O) groups excluding carboxylic acids is 1. The highest BCUT2D eigenvalue weighted by atomic mass is 16.2. The Morgan fingerprint density at radius 1 is 1.21 bits per heavy atom. The number of benzene rings is 1. The topological polar surface area (TPSA) is 34.4 Å². The first-order chi connectivity index (χ1) is 9.34. The summed E-state index contributed by atoms with van der Waals surface area (Å²) in [6.07, 6.45) is 5.17. The molecule has 1 amide bonds. The van der Waals surface area contributed by atoms with Crippen LogP contribution in [0.15, 0.2) is 24.3 Å². The average molecular weight is 257 g/mol. The number of carbonyl (C=O) groups is 1. The molecule has 19 heavy (non-hydrogen) atoms. The molecule has 0 aromatic heterocycles. The molecule has 1 radical (unpaired) electrons. The second kappa shape index (κ2) is 5.74. The zero-order chi connectivity index (χ0) is 13.1. The largest absolute Gasteiger partial charge is 0.342 e. The normalized spacial score (nSPS) is 22.9. The highest BCUT2D eigenvalue weighted by molar-refractivity contribution is 5.79. The molecule has 1 aromatic rings. The molecule has 2 saturated heterocycles. The number of hydrogen-bond acceptors (Lipinski definition) is 1. The predicted octanol–water partition coefficient (Wildman–Crippen LogP) is 2.29. The molecule has 0 spiro atoms. The Labute approximate surface area is 115 Å². The van der Waals surface area contributed by atoms with E-state index in [1.165, 1.54) is 17.5 Å². The van der Waals surface area contributed by atoms with Crippen molar-refractivity contribution in [2.45, 2.75) is 38.1 Å². The summed E-state index contributed by atoms with van der Waals surface area (Å²) >= 11 is 0. The van der Waals surface area contributed by atoms with Gasteiger partial charge in [0.05, 0.1) is 6.42 Å². The fraction of sp³-hybridized carbons (Fsp3) is 0.562. The van der Waals surface area contributed by atoms with Crippen LogP contribution in [0.5, 0.6) is 0 Å². The van der Waals surface area contributed by atoms with Gasteiger partial charge >= 0.3 is 0 Å². The van der Waals surface area contributed by atoms with Gasteiger partial charge in [-0.25, -0.2) is 5.32 Å². The van der Waals surface area contributed by atoms with Crippen molar-refractivity contribution < 1.29 is 4.79 Å². The van der Waals surface area contributed by atoms with Crippen molar-refractivity contribution in [3.8, 4) is 0 Å².